The van der Waals surface area contributed by atoms with Crippen LogP contribution in [0.4, 0.5) is 18.9 Å². The fourth-order valence-electron chi connectivity index (χ4n) is 5.28. The van der Waals surface area contributed by atoms with Gasteiger partial charge in [0.25, 0.3) is 5.91 Å². The first-order valence-electron chi connectivity index (χ1n) is 12.8. The van der Waals surface area contributed by atoms with E-state index < -0.39 is 11.7 Å². The minimum absolute atomic E-state index is 0.0463. The van der Waals surface area contributed by atoms with Gasteiger partial charge in [0.2, 0.25) is 0 Å². The van der Waals surface area contributed by atoms with Crippen LogP contribution >= 0.6 is 11.8 Å². The van der Waals surface area contributed by atoms with Crippen molar-refractivity contribution in [1.82, 2.24) is 20.1 Å². The predicted molar refractivity (Wildman–Crippen MR) is 143 cm³/mol. The molecule has 6 nitrogen and oxygen atoms in total. The number of alkyl halides is 3. The number of fused-ring (bicyclic) bond motifs is 1. The summed E-state index contributed by atoms with van der Waals surface area (Å²) in [5, 5.41) is 11.8. The molecule has 202 valence electrons. The summed E-state index contributed by atoms with van der Waals surface area (Å²) in [6.07, 6.45) is 3.78. The van der Waals surface area contributed by atoms with Crippen LogP contribution in [0.3, 0.4) is 0 Å². The largest absolute Gasteiger partial charge is 0.416 e. The first kappa shape index (κ1) is 26.7. The highest BCUT2D eigenvalue weighted by atomic mass is 32.2. The van der Waals surface area contributed by atoms with E-state index in [0.29, 0.717) is 17.8 Å². The molecule has 3 aromatic rings. The van der Waals surface area contributed by atoms with Gasteiger partial charge in [-0.2, -0.15) is 24.9 Å². The van der Waals surface area contributed by atoms with Crippen molar-refractivity contribution in [2.45, 2.75) is 69.1 Å². The van der Waals surface area contributed by atoms with Crippen LogP contribution in [0.15, 0.2) is 42.7 Å². The van der Waals surface area contributed by atoms with Crippen molar-refractivity contribution < 1.29 is 18.0 Å². The molecule has 10 heteroatoms. The number of anilines is 1. The van der Waals surface area contributed by atoms with E-state index in [0.717, 1.165) is 43.5 Å². The highest BCUT2D eigenvalue weighted by Gasteiger charge is 2.41. The Balaban J connectivity index is 1.38. The van der Waals surface area contributed by atoms with Crippen molar-refractivity contribution in [1.29, 1.82) is 0 Å². The van der Waals surface area contributed by atoms with E-state index in [1.807, 2.05) is 36.1 Å². The molecule has 38 heavy (non-hydrogen) atoms. The fraction of sp³-hybridized carbons (Fsp3) is 0.464. The molecule has 1 fully saturated rings. The minimum Gasteiger partial charge on any atom is -0.321 e. The number of hydrogen-bond acceptors (Lipinski definition) is 5. The molecule has 2 aromatic carbocycles. The molecule has 1 amide bonds. The van der Waals surface area contributed by atoms with E-state index >= 15 is 0 Å². The molecule has 5 rings (SSSR count). The monoisotopic (exact) mass is 543 g/mol. The Morgan fingerprint density at radius 3 is 2.58 bits per heavy atom. The van der Waals surface area contributed by atoms with Crippen LogP contribution in [0.5, 0.6) is 0 Å². The van der Waals surface area contributed by atoms with Gasteiger partial charge in [-0.25, -0.2) is 0 Å². The molecule has 1 aromatic heterocycles. The normalized spacial score (nSPS) is 17.4. The smallest absolute Gasteiger partial charge is 0.321 e. The number of nitrogens with one attached hydrogen (secondary N) is 1. The number of aromatic nitrogens is 3. The van der Waals surface area contributed by atoms with Crippen molar-refractivity contribution in [3.63, 3.8) is 0 Å². The lowest BCUT2D eigenvalue weighted by Crippen LogP contribution is -2.47. The molecule has 0 unspecified atom stereocenters. The van der Waals surface area contributed by atoms with Gasteiger partial charge in [0.1, 0.15) is 12.2 Å². The van der Waals surface area contributed by atoms with Crippen LogP contribution in [-0.2, 0) is 39.2 Å². The number of carbonyl (C=O) groups is 1. The zero-order valence-corrected chi connectivity index (χ0v) is 22.6. The lowest BCUT2D eigenvalue weighted by atomic mass is 9.78. The summed E-state index contributed by atoms with van der Waals surface area (Å²) < 4.78 is 44.2. The van der Waals surface area contributed by atoms with Crippen LogP contribution in [0, 0.1) is 0 Å². The van der Waals surface area contributed by atoms with E-state index in [-0.39, 0.29) is 34.4 Å². The highest BCUT2D eigenvalue weighted by molar-refractivity contribution is 7.99. The Kier molecular flexibility index (Phi) is 7.30. The van der Waals surface area contributed by atoms with Gasteiger partial charge in [-0.1, -0.05) is 12.1 Å². The van der Waals surface area contributed by atoms with Crippen LogP contribution in [0.1, 0.15) is 64.6 Å². The third-order valence-electron chi connectivity index (χ3n) is 7.82. The van der Waals surface area contributed by atoms with Gasteiger partial charge in [0, 0.05) is 42.1 Å². The van der Waals surface area contributed by atoms with E-state index in [1.54, 1.807) is 30.2 Å². The number of nitrogens with zero attached hydrogens (tertiary/aromatic N) is 4. The number of carbonyl (C=O) groups excluding carboxylic acids is 1. The summed E-state index contributed by atoms with van der Waals surface area (Å²) in [5.74, 6) is 0.502. The molecular formula is C28H32F3N5OS. The van der Waals surface area contributed by atoms with E-state index in [2.05, 4.69) is 22.4 Å². The molecule has 1 saturated carbocycles. The van der Waals surface area contributed by atoms with Crippen LogP contribution in [0.25, 0.3) is 0 Å². The third-order valence-corrected chi connectivity index (χ3v) is 8.82. The minimum atomic E-state index is -4.54. The predicted octanol–water partition coefficient (Wildman–Crippen LogP) is 5.54. The lowest BCUT2D eigenvalue weighted by molar-refractivity contribution is -0.138. The maximum Gasteiger partial charge on any atom is 0.416 e. The summed E-state index contributed by atoms with van der Waals surface area (Å²) in [7, 11) is 1.91. The molecule has 1 aliphatic carbocycles. The molecule has 2 aliphatic rings. The van der Waals surface area contributed by atoms with Gasteiger partial charge < -0.3 is 14.8 Å². The zero-order valence-electron chi connectivity index (χ0n) is 21.8. The average Bonchev–Trinajstić information content (AvgIpc) is 3.42. The summed E-state index contributed by atoms with van der Waals surface area (Å²) in [6, 6.07) is 10.4. The summed E-state index contributed by atoms with van der Waals surface area (Å²) in [4.78, 5) is 14.9. The summed E-state index contributed by atoms with van der Waals surface area (Å²) in [5.41, 5.74) is 1.54. The number of rotatable bonds is 9. The van der Waals surface area contributed by atoms with E-state index in [9.17, 15) is 18.0 Å². The Hall–Kier alpha value is -2.85. The summed E-state index contributed by atoms with van der Waals surface area (Å²) in [6.45, 7) is 2.29. The number of thioether (sulfide) groups is 1. The van der Waals surface area contributed by atoms with Crippen molar-refractivity contribution in [2.24, 2.45) is 7.05 Å². The van der Waals surface area contributed by atoms with Crippen LogP contribution in [-0.4, -0.2) is 37.7 Å². The molecule has 1 N–H and O–H groups in total. The Morgan fingerprint density at radius 1 is 1.16 bits per heavy atom. The van der Waals surface area contributed by atoms with Crippen molar-refractivity contribution in [3.8, 4) is 0 Å². The number of halogens is 3. The number of hydrogen-bond donors (Lipinski definition) is 1. The maximum atomic E-state index is 14.1. The molecule has 0 spiro atoms. The SMILES string of the molecule is CS[C@H](Cc1cccc(N2Cc3c(cc(CNC4(C)CCC4)cc3C(F)(F)F)C2=O)c1)Cc1nncn1C. The first-order valence-corrected chi connectivity index (χ1v) is 14.1. The van der Waals surface area contributed by atoms with Crippen molar-refractivity contribution in [2.75, 3.05) is 11.2 Å². The van der Waals surface area contributed by atoms with Gasteiger partial charge in [-0.3, -0.25) is 4.79 Å². The molecule has 0 bridgehead atoms. The molecule has 0 radical (unpaired) electrons. The second-order valence-electron chi connectivity index (χ2n) is 10.6. The second-order valence-corrected chi connectivity index (χ2v) is 11.8. The van der Waals surface area contributed by atoms with Gasteiger partial charge in [0.15, 0.2) is 0 Å². The quantitative estimate of drug-likeness (QED) is 0.384. The Bertz CT molecular complexity index is 1330. The van der Waals surface area contributed by atoms with Crippen molar-refractivity contribution >= 4 is 23.4 Å². The van der Waals surface area contributed by atoms with Gasteiger partial charge >= 0.3 is 6.18 Å². The lowest BCUT2D eigenvalue weighted by Gasteiger charge is -2.39. The zero-order chi connectivity index (χ0) is 27.1. The fourth-order valence-corrected chi connectivity index (χ4v) is 5.95. The van der Waals surface area contributed by atoms with E-state index in [4.69, 9.17) is 0 Å². The second kappa shape index (κ2) is 10.4. The standard InChI is InChI=1S/C28H32F3N5OS/c1-27(8-5-9-27)32-15-19-12-22-23(24(13-19)28(29,30)31)16-36(26(22)37)20-7-4-6-18(10-20)11-21(38-3)14-25-34-33-17-35(25)2/h4,6-7,10,12-13,17,21,32H,5,8-9,11,14-16H2,1-3H3/t21-/m1/s1. The van der Waals surface area contributed by atoms with Crippen LogP contribution < -0.4 is 10.2 Å². The molecular weight excluding hydrogens is 511 g/mol. The topological polar surface area (TPSA) is 63.1 Å². The van der Waals surface area contributed by atoms with Gasteiger partial charge in [-0.15, -0.1) is 10.2 Å². The molecule has 0 saturated heterocycles. The number of amides is 1. The Morgan fingerprint density at radius 2 is 1.95 bits per heavy atom. The van der Waals surface area contributed by atoms with Crippen LogP contribution in [0.2, 0.25) is 0 Å². The van der Waals surface area contributed by atoms with Gasteiger partial charge in [-0.05, 0) is 79.8 Å². The van der Waals surface area contributed by atoms with Crippen molar-refractivity contribution in [3.05, 3.63) is 76.4 Å². The average molecular weight is 544 g/mol. The maximum absolute atomic E-state index is 14.1. The Labute approximate surface area is 225 Å². The molecule has 2 heterocycles. The number of benzene rings is 2. The highest BCUT2D eigenvalue weighted by Crippen LogP contribution is 2.40. The molecule has 1 atom stereocenters. The first-order chi connectivity index (χ1) is 18.1. The van der Waals surface area contributed by atoms with Gasteiger partial charge in [0.05, 0.1) is 12.1 Å². The molecule has 1 aliphatic heterocycles. The van der Waals surface area contributed by atoms with E-state index in [1.165, 1.54) is 11.0 Å². The number of aryl methyl sites for hydroxylation is 1. The third kappa shape index (κ3) is 5.47. The summed E-state index contributed by atoms with van der Waals surface area (Å²) >= 11 is 1.73.